The number of hydrogen-bond acceptors (Lipinski definition) is 7. The lowest BCUT2D eigenvalue weighted by Crippen LogP contribution is -2.23. The number of unbranched alkanes of at least 4 members (excludes halogenated alkanes) is 1. The molecule has 1 aromatic carbocycles. The fourth-order valence-electron chi connectivity index (χ4n) is 2.87. The number of aromatic nitrogens is 4. The van der Waals surface area contributed by atoms with E-state index in [2.05, 4.69) is 22.0 Å². The highest BCUT2D eigenvalue weighted by molar-refractivity contribution is 7.98. The number of rotatable bonds is 8. The van der Waals surface area contributed by atoms with Crippen molar-refractivity contribution in [2.24, 2.45) is 0 Å². The summed E-state index contributed by atoms with van der Waals surface area (Å²) in [5.74, 6) is 2.39. The Kier molecular flexibility index (Phi) is 5.57. The van der Waals surface area contributed by atoms with Crippen LogP contribution in [0.2, 0.25) is 0 Å². The van der Waals surface area contributed by atoms with Gasteiger partial charge in [0.15, 0.2) is 11.0 Å². The van der Waals surface area contributed by atoms with Crippen molar-refractivity contribution in [1.29, 1.82) is 0 Å². The lowest BCUT2D eigenvalue weighted by Gasteiger charge is -2.11. The number of thioether (sulfide) groups is 1. The van der Waals surface area contributed by atoms with Gasteiger partial charge in [0.2, 0.25) is 5.89 Å². The van der Waals surface area contributed by atoms with Crippen LogP contribution >= 0.6 is 11.8 Å². The van der Waals surface area contributed by atoms with Gasteiger partial charge in [-0.25, -0.2) is 4.98 Å². The Hall–Kier alpha value is -2.87. The molecule has 4 aromatic rings. The molecular weight excluding hydrogens is 376 g/mol. The van der Waals surface area contributed by atoms with Crippen LogP contribution in [0.4, 0.5) is 0 Å². The summed E-state index contributed by atoms with van der Waals surface area (Å²) in [4.78, 5) is 22.1. The second-order valence-electron chi connectivity index (χ2n) is 6.38. The molecule has 4 rings (SSSR count). The van der Waals surface area contributed by atoms with Gasteiger partial charge >= 0.3 is 0 Å². The second-order valence-corrected chi connectivity index (χ2v) is 7.32. The molecule has 0 saturated carbocycles. The second kappa shape index (κ2) is 8.43. The summed E-state index contributed by atoms with van der Waals surface area (Å²) in [5, 5.41) is 5.19. The van der Waals surface area contributed by atoms with E-state index in [9.17, 15) is 4.79 Å². The number of benzene rings is 1. The first kappa shape index (κ1) is 18.5. The molecule has 0 aliphatic rings. The Morgan fingerprint density at radius 2 is 2.04 bits per heavy atom. The maximum atomic E-state index is 13.0. The van der Waals surface area contributed by atoms with Gasteiger partial charge in [0.1, 0.15) is 5.76 Å². The molecule has 0 spiro atoms. The smallest absolute Gasteiger partial charge is 0.262 e. The normalized spacial score (nSPS) is 11.3. The van der Waals surface area contributed by atoms with Crippen LogP contribution in [-0.4, -0.2) is 19.7 Å². The van der Waals surface area contributed by atoms with E-state index in [1.165, 1.54) is 11.8 Å². The van der Waals surface area contributed by atoms with Crippen molar-refractivity contribution in [3.05, 3.63) is 70.5 Å². The molecular formula is C20H20N4O3S. The molecule has 0 unspecified atom stereocenters. The molecule has 3 aromatic heterocycles. The van der Waals surface area contributed by atoms with E-state index in [1.807, 2.05) is 24.3 Å². The van der Waals surface area contributed by atoms with Crippen molar-refractivity contribution < 1.29 is 8.94 Å². The average Bonchev–Trinajstić information content (AvgIpc) is 3.39. The highest BCUT2D eigenvalue weighted by Gasteiger charge is 2.15. The zero-order valence-electron chi connectivity index (χ0n) is 15.5. The molecule has 0 saturated heterocycles. The van der Waals surface area contributed by atoms with Crippen molar-refractivity contribution in [1.82, 2.24) is 19.7 Å². The van der Waals surface area contributed by atoms with Gasteiger partial charge < -0.3 is 8.94 Å². The molecule has 0 atom stereocenters. The van der Waals surface area contributed by atoms with Gasteiger partial charge in [-0.3, -0.25) is 9.36 Å². The van der Waals surface area contributed by atoms with Gasteiger partial charge in [0.25, 0.3) is 5.56 Å². The van der Waals surface area contributed by atoms with Gasteiger partial charge in [-0.1, -0.05) is 42.4 Å². The van der Waals surface area contributed by atoms with Crippen LogP contribution in [0.5, 0.6) is 0 Å². The Morgan fingerprint density at radius 1 is 1.14 bits per heavy atom. The molecule has 0 aliphatic heterocycles. The molecule has 0 aliphatic carbocycles. The molecule has 0 radical (unpaired) electrons. The number of fused-ring (bicyclic) bond motifs is 1. The minimum atomic E-state index is -0.0985. The summed E-state index contributed by atoms with van der Waals surface area (Å²) in [5.41, 5.74) is 0.568. The molecule has 0 bridgehead atoms. The van der Waals surface area contributed by atoms with E-state index in [1.54, 1.807) is 23.0 Å². The number of furan rings is 1. The summed E-state index contributed by atoms with van der Waals surface area (Å²) in [6.45, 7) is 2.44. The monoisotopic (exact) mass is 396 g/mol. The third kappa shape index (κ3) is 4.01. The standard InChI is InChI=1S/C20H20N4O3S/c1-2-3-10-17-22-18(27-23-17)13-28-20-21-16-9-5-4-8-15(16)19(25)24(20)12-14-7-6-11-26-14/h4-9,11H,2-3,10,12-13H2,1H3. The van der Waals surface area contributed by atoms with Crippen LogP contribution in [0.1, 0.15) is 37.2 Å². The zero-order chi connectivity index (χ0) is 19.3. The van der Waals surface area contributed by atoms with Gasteiger partial charge in [-0.05, 0) is 30.7 Å². The zero-order valence-corrected chi connectivity index (χ0v) is 16.3. The van der Waals surface area contributed by atoms with Crippen LogP contribution in [0, 0.1) is 0 Å². The number of aryl methyl sites for hydroxylation is 1. The van der Waals surface area contributed by atoms with E-state index in [4.69, 9.17) is 8.94 Å². The molecule has 8 heteroatoms. The number of hydrogen-bond donors (Lipinski definition) is 0. The quantitative estimate of drug-likeness (QED) is 0.328. The van der Waals surface area contributed by atoms with Crippen molar-refractivity contribution in [3.8, 4) is 0 Å². The molecule has 7 nitrogen and oxygen atoms in total. The topological polar surface area (TPSA) is 87.0 Å². The van der Waals surface area contributed by atoms with Crippen LogP contribution < -0.4 is 5.56 Å². The molecule has 0 fully saturated rings. The maximum Gasteiger partial charge on any atom is 0.262 e. The Morgan fingerprint density at radius 3 is 2.86 bits per heavy atom. The fraction of sp³-hybridized carbons (Fsp3) is 0.300. The first-order valence-corrected chi connectivity index (χ1v) is 10.2. The van der Waals surface area contributed by atoms with Crippen LogP contribution in [0.15, 0.2) is 61.6 Å². The van der Waals surface area contributed by atoms with E-state index in [0.717, 1.165) is 25.1 Å². The van der Waals surface area contributed by atoms with Crippen molar-refractivity contribution >= 4 is 22.7 Å². The van der Waals surface area contributed by atoms with Crippen LogP contribution in [0.25, 0.3) is 10.9 Å². The summed E-state index contributed by atoms with van der Waals surface area (Å²) in [6.07, 6.45) is 4.51. The molecule has 0 amide bonds. The first-order valence-electron chi connectivity index (χ1n) is 9.21. The fourth-order valence-corrected chi connectivity index (χ4v) is 3.70. The minimum absolute atomic E-state index is 0.0985. The lowest BCUT2D eigenvalue weighted by atomic mass is 10.2. The largest absolute Gasteiger partial charge is 0.467 e. The molecule has 28 heavy (non-hydrogen) atoms. The Labute approximate surface area is 165 Å². The highest BCUT2D eigenvalue weighted by atomic mass is 32.2. The predicted octanol–water partition coefficient (Wildman–Crippen LogP) is 4.06. The van der Waals surface area contributed by atoms with E-state index in [-0.39, 0.29) is 5.56 Å². The predicted molar refractivity (Wildman–Crippen MR) is 106 cm³/mol. The molecule has 144 valence electrons. The summed E-state index contributed by atoms with van der Waals surface area (Å²) < 4.78 is 12.4. The van der Waals surface area contributed by atoms with Gasteiger partial charge in [-0.2, -0.15) is 4.98 Å². The molecule has 0 N–H and O–H groups in total. The minimum Gasteiger partial charge on any atom is -0.467 e. The summed E-state index contributed by atoms with van der Waals surface area (Å²) in [7, 11) is 0. The summed E-state index contributed by atoms with van der Waals surface area (Å²) >= 11 is 1.40. The lowest BCUT2D eigenvalue weighted by molar-refractivity contribution is 0.384. The van der Waals surface area contributed by atoms with E-state index >= 15 is 0 Å². The Bertz CT molecular complexity index is 1120. The number of para-hydroxylation sites is 1. The van der Waals surface area contributed by atoms with Gasteiger partial charge in [0.05, 0.1) is 29.5 Å². The third-order valence-corrected chi connectivity index (χ3v) is 5.27. The number of nitrogens with zero attached hydrogens (tertiary/aromatic N) is 4. The van der Waals surface area contributed by atoms with E-state index in [0.29, 0.717) is 40.0 Å². The SMILES string of the molecule is CCCCc1noc(CSc2nc3ccccc3c(=O)n2Cc2ccco2)n1. The third-order valence-electron chi connectivity index (χ3n) is 4.31. The van der Waals surface area contributed by atoms with Crippen molar-refractivity contribution in [2.75, 3.05) is 0 Å². The van der Waals surface area contributed by atoms with Crippen LogP contribution in [-0.2, 0) is 18.7 Å². The highest BCUT2D eigenvalue weighted by Crippen LogP contribution is 2.22. The Balaban J connectivity index is 1.63. The van der Waals surface area contributed by atoms with Crippen molar-refractivity contribution in [3.63, 3.8) is 0 Å². The van der Waals surface area contributed by atoms with Crippen LogP contribution in [0.3, 0.4) is 0 Å². The van der Waals surface area contributed by atoms with Gasteiger partial charge in [-0.15, -0.1) is 0 Å². The summed E-state index contributed by atoms with van der Waals surface area (Å²) in [6, 6.07) is 11.0. The van der Waals surface area contributed by atoms with E-state index < -0.39 is 0 Å². The van der Waals surface area contributed by atoms with Gasteiger partial charge in [0, 0.05) is 6.42 Å². The maximum absolute atomic E-state index is 13.0. The molecule has 3 heterocycles. The average molecular weight is 396 g/mol. The van der Waals surface area contributed by atoms with Crippen molar-refractivity contribution in [2.45, 2.75) is 43.6 Å². The first-order chi connectivity index (χ1) is 13.7.